The van der Waals surface area contributed by atoms with E-state index >= 15 is 0 Å². The highest BCUT2D eigenvalue weighted by molar-refractivity contribution is 5.92. The summed E-state index contributed by atoms with van der Waals surface area (Å²) >= 11 is 0. The standard InChI is InChI=1S/C15H22N2O2/c1-2-3-4-5-6-10-13-15(18)17(16-19)14-11-8-7-9-12-14/h7-9,11-12H,2-6,10,13H2,1H3. The zero-order valence-corrected chi connectivity index (χ0v) is 11.5. The van der Waals surface area contributed by atoms with Gasteiger partial charge in [-0.3, -0.25) is 4.79 Å². The molecule has 0 aliphatic heterocycles. The van der Waals surface area contributed by atoms with Crippen molar-refractivity contribution in [1.29, 1.82) is 0 Å². The van der Waals surface area contributed by atoms with Crippen molar-refractivity contribution in [3.63, 3.8) is 0 Å². The molecule has 0 saturated carbocycles. The average Bonchev–Trinajstić information content (AvgIpc) is 2.45. The lowest BCUT2D eigenvalue weighted by Gasteiger charge is -2.12. The van der Waals surface area contributed by atoms with Gasteiger partial charge in [0, 0.05) is 6.42 Å². The lowest BCUT2D eigenvalue weighted by molar-refractivity contribution is -0.118. The molecule has 0 N–H and O–H groups in total. The summed E-state index contributed by atoms with van der Waals surface area (Å²) in [5.41, 5.74) is 0.536. The molecule has 1 aromatic carbocycles. The van der Waals surface area contributed by atoms with Crippen LogP contribution in [0.3, 0.4) is 0 Å². The van der Waals surface area contributed by atoms with Crippen LogP contribution >= 0.6 is 0 Å². The van der Waals surface area contributed by atoms with Crippen molar-refractivity contribution in [2.75, 3.05) is 5.01 Å². The van der Waals surface area contributed by atoms with Crippen molar-refractivity contribution >= 4 is 11.6 Å². The molecule has 0 heterocycles. The van der Waals surface area contributed by atoms with E-state index in [0.29, 0.717) is 12.1 Å². The summed E-state index contributed by atoms with van der Waals surface area (Å²) in [6, 6.07) is 8.82. The van der Waals surface area contributed by atoms with Crippen LogP contribution in [0.25, 0.3) is 0 Å². The maximum Gasteiger partial charge on any atom is 0.249 e. The Bertz CT molecular complexity index is 379. The van der Waals surface area contributed by atoms with Gasteiger partial charge in [-0.2, -0.15) is 5.01 Å². The van der Waals surface area contributed by atoms with Crippen LogP contribution in [0, 0.1) is 4.91 Å². The highest BCUT2D eigenvalue weighted by atomic mass is 16.3. The van der Waals surface area contributed by atoms with Gasteiger partial charge < -0.3 is 0 Å². The number of unbranched alkanes of at least 4 members (excludes halogenated alkanes) is 5. The molecule has 0 spiro atoms. The number of amides is 1. The van der Waals surface area contributed by atoms with E-state index in [4.69, 9.17) is 0 Å². The van der Waals surface area contributed by atoms with E-state index in [0.717, 1.165) is 24.3 Å². The summed E-state index contributed by atoms with van der Waals surface area (Å²) in [6.07, 6.45) is 7.08. The van der Waals surface area contributed by atoms with Crippen molar-refractivity contribution in [2.45, 2.75) is 51.9 Å². The second kappa shape index (κ2) is 9.25. The van der Waals surface area contributed by atoms with Gasteiger partial charge in [-0.15, -0.1) is 4.91 Å². The average molecular weight is 262 g/mol. The molecule has 0 radical (unpaired) electrons. The molecule has 1 amide bonds. The number of nitroso groups, excluding NO2 is 1. The van der Waals surface area contributed by atoms with E-state index in [1.807, 2.05) is 6.07 Å². The van der Waals surface area contributed by atoms with Crippen molar-refractivity contribution in [2.24, 2.45) is 5.29 Å². The van der Waals surface area contributed by atoms with Crippen LogP contribution in [0.1, 0.15) is 51.9 Å². The van der Waals surface area contributed by atoms with Crippen molar-refractivity contribution in [3.05, 3.63) is 35.2 Å². The molecule has 0 aliphatic carbocycles. The third-order valence-corrected chi connectivity index (χ3v) is 3.06. The molecule has 1 aromatic rings. The van der Waals surface area contributed by atoms with Gasteiger partial charge in [0.05, 0.1) is 11.0 Å². The third-order valence-electron chi connectivity index (χ3n) is 3.06. The maximum atomic E-state index is 11.9. The minimum Gasteiger partial charge on any atom is -0.272 e. The number of hydrogen-bond acceptors (Lipinski definition) is 3. The monoisotopic (exact) mass is 262 g/mol. The Labute approximate surface area is 114 Å². The summed E-state index contributed by atoms with van der Waals surface area (Å²) in [5.74, 6) is -0.225. The second-order valence-corrected chi connectivity index (χ2v) is 4.64. The highest BCUT2D eigenvalue weighted by Gasteiger charge is 2.15. The van der Waals surface area contributed by atoms with E-state index in [1.165, 1.54) is 19.3 Å². The number of nitrogens with zero attached hydrogens (tertiary/aromatic N) is 2. The zero-order chi connectivity index (χ0) is 13.9. The fourth-order valence-electron chi connectivity index (χ4n) is 1.97. The lowest BCUT2D eigenvalue weighted by atomic mass is 10.1. The molecule has 104 valence electrons. The van der Waals surface area contributed by atoms with Crippen molar-refractivity contribution in [3.8, 4) is 0 Å². The third kappa shape index (κ3) is 5.64. The summed E-state index contributed by atoms with van der Waals surface area (Å²) < 4.78 is 0. The largest absolute Gasteiger partial charge is 0.272 e. The fraction of sp³-hybridized carbons (Fsp3) is 0.533. The molecule has 4 nitrogen and oxygen atoms in total. The molecular weight excluding hydrogens is 240 g/mol. The molecule has 0 saturated heterocycles. The molecule has 0 atom stereocenters. The van der Waals surface area contributed by atoms with Crippen LogP contribution in [0.4, 0.5) is 5.69 Å². The quantitative estimate of drug-likeness (QED) is 0.375. The first-order valence-corrected chi connectivity index (χ1v) is 7.01. The summed E-state index contributed by atoms with van der Waals surface area (Å²) in [6.45, 7) is 2.18. The van der Waals surface area contributed by atoms with Gasteiger partial charge >= 0.3 is 0 Å². The van der Waals surface area contributed by atoms with Gasteiger partial charge in [-0.1, -0.05) is 57.2 Å². The van der Waals surface area contributed by atoms with Gasteiger partial charge in [0.2, 0.25) is 5.91 Å². The normalized spacial score (nSPS) is 10.2. The van der Waals surface area contributed by atoms with Gasteiger partial charge in [0.25, 0.3) is 0 Å². The van der Waals surface area contributed by atoms with Crippen molar-refractivity contribution < 1.29 is 4.79 Å². The van der Waals surface area contributed by atoms with Crippen LogP contribution in [0.15, 0.2) is 35.6 Å². The van der Waals surface area contributed by atoms with E-state index in [9.17, 15) is 9.70 Å². The Kier molecular flexibility index (Phi) is 7.47. The summed E-state index contributed by atoms with van der Waals surface area (Å²) in [4.78, 5) is 22.7. The minimum absolute atomic E-state index is 0.225. The van der Waals surface area contributed by atoms with E-state index in [1.54, 1.807) is 24.3 Å². The van der Waals surface area contributed by atoms with Gasteiger partial charge in [-0.05, 0) is 18.6 Å². The Balaban J connectivity index is 2.33. The molecule has 19 heavy (non-hydrogen) atoms. The molecule has 4 heteroatoms. The number of carbonyl (C=O) groups excluding carboxylic acids is 1. The Hall–Kier alpha value is -1.71. The number of carbonyl (C=O) groups is 1. The zero-order valence-electron chi connectivity index (χ0n) is 11.5. The predicted octanol–water partition coefficient (Wildman–Crippen LogP) is 4.45. The fourth-order valence-corrected chi connectivity index (χ4v) is 1.97. The molecular formula is C15H22N2O2. The number of anilines is 1. The highest BCUT2D eigenvalue weighted by Crippen LogP contribution is 2.16. The van der Waals surface area contributed by atoms with E-state index in [-0.39, 0.29) is 5.91 Å². The van der Waals surface area contributed by atoms with Crippen LogP contribution in [0.5, 0.6) is 0 Å². The number of benzene rings is 1. The molecule has 0 aromatic heterocycles. The molecule has 0 fully saturated rings. The Morgan fingerprint density at radius 3 is 2.32 bits per heavy atom. The van der Waals surface area contributed by atoms with E-state index in [2.05, 4.69) is 12.2 Å². The van der Waals surface area contributed by atoms with Gasteiger partial charge in [-0.25, -0.2) is 0 Å². The SMILES string of the molecule is CCCCCCCCC(=O)N(N=O)c1ccccc1. The second-order valence-electron chi connectivity index (χ2n) is 4.64. The van der Waals surface area contributed by atoms with Crippen LogP contribution in [-0.4, -0.2) is 5.91 Å². The number of hydrogen-bond donors (Lipinski definition) is 0. The first kappa shape index (κ1) is 15.3. The van der Waals surface area contributed by atoms with Crippen LogP contribution in [-0.2, 0) is 4.79 Å². The first-order valence-electron chi connectivity index (χ1n) is 7.01. The Morgan fingerprint density at radius 1 is 1.05 bits per heavy atom. The van der Waals surface area contributed by atoms with Crippen molar-refractivity contribution in [1.82, 2.24) is 0 Å². The lowest BCUT2D eigenvalue weighted by Crippen LogP contribution is -2.24. The smallest absolute Gasteiger partial charge is 0.249 e. The van der Waals surface area contributed by atoms with Gasteiger partial charge in [0.1, 0.15) is 0 Å². The topological polar surface area (TPSA) is 49.7 Å². The molecule has 0 bridgehead atoms. The molecule has 0 unspecified atom stereocenters. The number of rotatable bonds is 9. The van der Waals surface area contributed by atoms with Crippen LogP contribution < -0.4 is 5.01 Å². The summed E-state index contributed by atoms with van der Waals surface area (Å²) in [5, 5.41) is 3.77. The van der Waals surface area contributed by atoms with E-state index < -0.39 is 0 Å². The summed E-state index contributed by atoms with van der Waals surface area (Å²) in [7, 11) is 0. The van der Waals surface area contributed by atoms with Gasteiger partial charge in [0.15, 0.2) is 0 Å². The predicted molar refractivity (Wildman–Crippen MR) is 77.7 cm³/mol. The minimum atomic E-state index is -0.225. The number of para-hydroxylation sites is 1. The Morgan fingerprint density at radius 2 is 1.68 bits per heavy atom. The maximum absolute atomic E-state index is 11.9. The van der Waals surface area contributed by atoms with Crippen LogP contribution in [0.2, 0.25) is 0 Å². The molecule has 0 aliphatic rings. The molecule has 1 rings (SSSR count). The first-order chi connectivity index (χ1) is 9.29.